The van der Waals surface area contributed by atoms with Gasteiger partial charge in [0, 0.05) is 12.6 Å². The molecule has 6 heteroatoms. The van der Waals surface area contributed by atoms with Crippen LogP contribution in [0.2, 0.25) is 10.0 Å². The van der Waals surface area contributed by atoms with Crippen molar-refractivity contribution < 1.29 is 8.78 Å². The molecule has 0 saturated heterocycles. The number of benzene rings is 2. The van der Waals surface area contributed by atoms with Gasteiger partial charge >= 0.3 is 0 Å². The standard InChI is InChI=1S/C13H8BrCl2F2N/c14-8-4-11(18)12(5-10(8)17)19-6-7-2-1-3-9(15)13(7)16/h1-5,19H,6H2. The summed E-state index contributed by atoms with van der Waals surface area (Å²) in [4.78, 5) is 0. The lowest BCUT2D eigenvalue weighted by molar-refractivity contribution is 0.596. The molecule has 0 saturated carbocycles. The Bertz CT molecular complexity index is 620. The van der Waals surface area contributed by atoms with Crippen molar-refractivity contribution in [3.63, 3.8) is 0 Å². The molecule has 0 aliphatic heterocycles. The van der Waals surface area contributed by atoms with E-state index < -0.39 is 11.6 Å². The molecule has 0 heterocycles. The smallest absolute Gasteiger partial charge is 0.147 e. The van der Waals surface area contributed by atoms with Gasteiger partial charge < -0.3 is 5.32 Å². The summed E-state index contributed by atoms with van der Waals surface area (Å²) in [5, 5.41) is 3.60. The third-order valence-corrected chi connectivity index (χ3v) is 3.98. The Hall–Kier alpha value is -0.840. The second-order valence-electron chi connectivity index (χ2n) is 3.81. The molecule has 0 radical (unpaired) electrons. The van der Waals surface area contributed by atoms with E-state index in [-0.39, 0.29) is 16.7 Å². The maximum absolute atomic E-state index is 13.6. The van der Waals surface area contributed by atoms with E-state index in [1.807, 2.05) is 0 Å². The highest BCUT2D eigenvalue weighted by molar-refractivity contribution is 9.10. The van der Waals surface area contributed by atoms with Gasteiger partial charge in [0.2, 0.25) is 0 Å². The van der Waals surface area contributed by atoms with Crippen molar-refractivity contribution in [3.05, 3.63) is 62.0 Å². The van der Waals surface area contributed by atoms with E-state index in [2.05, 4.69) is 21.2 Å². The minimum absolute atomic E-state index is 0.0664. The van der Waals surface area contributed by atoms with Crippen LogP contribution in [0.25, 0.3) is 0 Å². The minimum atomic E-state index is -0.550. The van der Waals surface area contributed by atoms with Crippen LogP contribution in [-0.2, 0) is 6.54 Å². The number of nitrogens with one attached hydrogen (secondary N) is 1. The monoisotopic (exact) mass is 365 g/mol. The molecule has 2 aromatic rings. The second kappa shape index (κ2) is 6.07. The molecule has 0 atom stereocenters. The zero-order valence-electron chi connectivity index (χ0n) is 9.48. The van der Waals surface area contributed by atoms with Crippen LogP contribution in [0.4, 0.5) is 14.5 Å². The second-order valence-corrected chi connectivity index (χ2v) is 5.45. The molecule has 0 amide bonds. The van der Waals surface area contributed by atoms with Gasteiger partial charge in [0.15, 0.2) is 0 Å². The zero-order valence-corrected chi connectivity index (χ0v) is 12.6. The summed E-state index contributed by atoms with van der Waals surface area (Å²) in [5.41, 5.74) is 0.772. The third kappa shape index (κ3) is 3.38. The largest absolute Gasteiger partial charge is 0.378 e. The summed E-state index contributed by atoms with van der Waals surface area (Å²) in [7, 11) is 0. The van der Waals surface area contributed by atoms with Crippen LogP contribution in [0.15, 0.2) is 34.8 Å². The zero-order chi connectivity index (χ0) is 14.0. The van der Waals surface area contributed by atoms with Gasteiger partial charge in [-0.25, -0.2) is 8.78 Å². The van der Waals surface area contributed by atoms with Crippen LogP contribution < -0.4 is 5.32 Å². The first-order valence-electron chi connectivity index (χ1n) is 5.30. The third-order valence-electron chi connectivity index (χ3n) is 2.51. The maximum atomic E-state index is 13.6. The maximum Gasteiger partial charge on any atom is 0.147 e. The summed E-state index contributed by atoms with van der Waals surface area (Å²) >= 11 is 14.8. The van der Waals surface area contributed by atoms with E-state index in [0.29, 0.717) is 15.6 Å². The fourth-order valence-electron chi connectivity index (χ4n) is 1.53. The van der Waals surface area contributed by atoms with Crippen molar-refractivity contribution in [1.82, 2.24) is 0 Å². The molecule has 0 spiro atoms. The Morgan fingerprint density at radius 2 is 1.84 bits per heavy atom. The highest BCUT2D eigenvalue weighted by atomic mass is 79.9. The minimum Gasteiger partial charge on any atom is -0.378 e. The number of anilines is 1. The lowest BCUT2D eigenvalue weighted by atomic mass is 10.2. The number of hydrogen-bond acceptors (Lipinski definition) is 1. The summed E-state index contributed by atoms with van der Waals surface area (Å²) in [6.07, 6.45) is 0. The van der Waals surface area contributed by atoms with E-state index in [1.54, 1.807) is 18.2 Å². The average molecular weight is 367 g/mol. The molecule has 0 bridgehead atoms. The van der Waals surface area contributed by atoms with E-state index in [9.17, 15) is 8.78 Å². The van der Waals surface area contributed by atoms with Crippen LogP contribution in [0, 0.1) is 11.6 Å². The molecule has 2 aromatic carbocycles. The van der Waals surface area contributed by atoms with Gasteiger partial charge in [-0.15, -0.1) is 0 Å². The SMILES string of the molecule is Fc1cc(NCc2cccc(Cl)c2Cl)c(F)cc1Br. The fourth-order valence-corrected chi connectivity index (χ4v) is 2.24. The van der Waals surface area contributed by atoms with Gasteiger partial charge in [0.05, 0.1) is 20.2 Å². The van der Waals surface area contributed by atoms with E-state index in [4.69, 9.17) is 23.2 Å². The first-order chi connectivity index (χ1) is 8.99. The lowest BCUT2D eigenvalue weighted by Crippen LogP contribution is -2.03. The topological polar surface area (TPSA) is 12.0 Å². The van der Waals surface area contributed by atoms with Crippen molar-refractivity contribution in [2.24, 2.45) is 0 Å². The quantitative estimate of drug-likeness (QED) is 0.692. The van der Waals surface area contributed by atoms with Crippen LogP contribution in [0.1, 0.15) is 5.56 Å². The highest BCUT2D eigenvalue weighted by Crippen LogP contribution is 2.27. The van der Waals surface area contributed by atoms with Crippen molar-refractivity contribution in [2.75, 3.05) is 5.32 Å². The number of hydrogen-bond donors (Lipinski definition) is 1. The molecule has 0 aliphatic rings. The molecule has 0 aliphatic carbocycles. The van der Waals surface area contributed by atoms with Crippen molar-refractivity contribution in [1.29, 1.82) is 0 Å². The first kappa shape index (κ1) is 14.6. The molecule has 1 nitrogen and oxygen atoms in total. The Balaban J connectivity index is 2.19. The van der Waals surface area contributed by atoms with Crippen LogP contribution in [0.3, 0.4) is 0 Å². The Morgan fingerprint density at radius 1 is 1.11 bits per heavy atom. The molecule has 0 unspecified atom stereocenters. The van der Waals surface area contributed by atoms with E-state index in [1.165, 1.54) is 0 Å². The molecule has 100 valence electrons. The Kier molecular flexibility index (Phi) is 4.66. The van der Waals surface area contributed by atoms with Crippen LogP contribution in [0.5, 0.6) is 0 Å². The molecule has 0 fully saturated rings. The molecular formula is C13H8BrCl2F2N. The fraction of sp³-hybridized carbons (Fsp3) is 0.0769. The van der Waals surface area contributed by atoms with E-state index >= 15 is 0 Å². The van der Waals surface area contributed by atoms with Gasteiger partial charge in [-0.2, -0.15) is 0 Å². The molecule has 1 N–H and O–H groups in total. The average Bonchev–Trinajstić information content (AvgIpc) is 2.37. The van der Waals surface area contributed by atoms with Crippen molar-refractivity contribution in [2.45, 2.75) is 6.54 Å². The predicted octanol–water partition coefficient (Wildman–Crippen LogP) is 5.65. The summed E-state index contributed by atoms with van der Waals surface area (Å²) in [6, 6.07) is 7.31. The number of halogens is 5. The Morgan fingerprint density at radius 3 is 2.58 bits per heavy atom. The molecule has 2 rings (SSSR count). The van der Waals surface area contributed by atoms with Gasteiger partial charge in [-0.05, 0) is 33.6 Å². The van der Waals surface area contributed by atoms with Gasteiger partial charge in [-0.1, -0.05) is 35.3 Å². The van der Waals surface area contributed by atoms with Gasteiger partial charge in [-0.3, -0.25) is 0 Å². The Labute approximate surface area is 127 Å². The molecular weight excluding hydrogens is 359 g/mol. The summed E-state index contributed by atoms with van der Waals surface area (Å²) in [6.45, 7) is 0.247. The molecule has 19 heavy (non-hydrogen) atoms. The number of rotatable bonds is 3. The van der Waals surface area contributed by atoms with E-state index in [0.717, 1.165) is 12.1 Å². The lowest BCUT2D eigenvalue weighted by Gasteiger charge is -2.10. The first-order valence-corrected chi connectivity index (χ1v) is 6.85. The van der Waals surface area contributed by atoms with Crippen molar-refractivity contribution >= 4 is 44.8 Å². The van der Waals surface area contributed by atoms with Crippen molar-refractivity contribution in [3.8, 4) is 0 Å². The van der Waals surface area contributed by atoms with Gasteiger partial charge in [0.25, 0.3) is 0 Å². The van der Waals surface area contributed by atoms with Gasteiger partial charge in [0.1, 0.15) is 11.6 Å². The normalized spacial score (nSPS) is 10.6. The van der Waals surface area contributed by atoms with Crippen LogP contribution in [-0.4, -0.2) is 0 Å². The highest BCUT2D eigenvalue weighted by Gasteiger charge is 2.09. The van der Waals surface area contributed by atoms with Crippen LogP contribution >= 0.6 is 39.1 Å². The summed E-state index contributed by atoms with van der Waals surface area (Å²) < 4.78 is 27.0. The predicted molar refractivity (Wildman–Crippen MR) is 77.8 cm³/mol. The molecule has 0 aromatic heterocycles. The summed E-state index contributed by atoms with van der Waals surface area (Å²) in [5.74, 6) is -1.09.